The molecule has 14 atom stereocenters. The van der Waals surface area contributed by atoms with E-state index >= 15 is 0 Å². The summed E-state index contributed by atoms with van der Waals surface area (Å²) in [6.07, 6.45) is 14.9. The average Bonchev–Trinajstić information content (AvgIpc) is 4.05. The summed E-state index contributed by atoms with van der Waals surface area (Å²) in [6.45, 7) is 19.9. The van der Waals surface area contributed by atoms with Gasteiger partial charge in [-0.2, -0.15) is 0 Å². The Labute approximate surface area is 409 Å². The number of carbonyl (C=O) groups excluding carboxylic acids is 4. The number of esters is 2. The summed E-state index contributed by atoms with van der Waals surface area (Å²) in [7, 11) is 0. The summed E-state index contributed by atoms with van der Waals surface area (Å²) in [4.78, 5) is 55.7. The molecule has 380 valence electrons. The molecule has 7 fully saturated rings. The molecule has 1 aliphatic heterocycles. The number of fused-ring (bicyclic) bond motifs is 8. The van der Waals surface area contributed by atoms with E-state index in [1.54, 1.807) is 19.1 Å². The molecule has 69 heavy (non-hydrogen) atoms. The minimum absolute atomic E-state index is 0.00517. The normalized spacial score (nSPS) is 45.4. The number of carbonyl (C=O) groups is 4. The van der Waals surface area contributed by atoms with Crippen LogP contribution in [-0.4, -0.2) is 98.6 Å². The van der Waals surface area contributed by atoms with Crippen LogP contribution in [0.4, 0.5) is 0 Å². The van der Waals surface area contributed by atoms with Crippen molar-refractivity contribution in [1.82, 2.24) is 0 Å². The SMILES string of the molecule is CC1=C[C@@]23CC[C@@H]4[C@H]([C@H](C=C(CO)[C@@H](O)[C@]2(O)[C@H]1OC(=O)C1(C)CCCCC1)C3=O)C4(C)C.CC1=C[C@@]23CC[C@@H]4[C@H]([C@H](C=C5COC(C)(C)O[C@H]5[C@]2(O)[C@H]1OC(=O)C1(C)CCCCC1)C3=O)C4(C)C. The van der Waals surface area contributed by atoms with E-state index in [-0.39, 0.29) is 64.3 Å². The van der Waals surface area contributed by atoms with Gasteiger partial charge in [-0.3, -0.25) is 19.2 Å². The number of allylic oxidation sites excluding steroid dienone is 2. The van der Waals surface area contributed by atoms with Gasteiger partial charge in [0.15, 0.2) is 40.8 Å². The molecule has 12 nitrogen and oxygen atoms in total. The summed E-state index contributed by atoms with van der Waals surface area (Å²) in [5.41, 5.74) is -4.93. The Morgan fingerprint density at radius 3 is 1.55 bits per heavy atom. The Morgan fingerprint density at radius 2 is 1.09 bits per heavy atom. The molecule has 0 aromatic heterocycles. The van der Waals surface area contributed by atoms with Crippen molar-refractivity contribution in [2.75, 3.05) is 13.2 Å². The van der Waals surface area contributed by atoms with Crippen molar-refractivity contribution in [2.45, 2.75) is 201 Å². The van der Waals surface area contributed by atoms with Crippen molar-refractivity contribution in [1.29, 1.82) is 0 Å². The lowest BCUT2D eigenvalue weighted by molar-refractivity contribution is -0.302. The number of hydrogen-bond acceptors (Lipinski definition) is 12. The fraction of sp³-hybridized carbons (Fsp3) is 0.789. The Balaban J connectivity index is 0.000000161. The molecule has 0 radical (unpaired) electrons. The maximum atomic E-state index is 14.5. The number of ether oxygens (including phenoxy) is 4. The number of rotatable bonds is 5. The maximum absolute atomic E-state index is 14.5. The standard InChI is InChI=1S/C30H42O6.C27H38O6/c1-17-15-29-13-10-20-21(26(20,2)3)19(22(29)31)14-18-16-34-27(4,5)36-24(18)30(29,33)23(17)35-25(32)28(6)11-8-7-9-12-28;1-15-13-26-11-8-18-19(24(18,2)3)17(21(26)30)12-16(14-28)20(29)27(26,32)22(15)33-23(31)25(4)9-6-5-7-10-25/h14-15,19-21,23-24,33H,7-13,16H2,1-6H3;12-13,17-20,22,28-29,32H,5-11,14H2,1-4H3/t19-,20+,21-,23-,24+,29+,30+;17-,18+,19-,20+,22-,26+,27-/m00/s1. The molecule has 0 amide bonds. The zero-order valence-electron chi connectivity index (χ0n) is 43.0. The van der Waals surface area contributed by atoms with Crippen molar-refractivity contribution >= 4 is 23.5 Å². The van der Waals surface area contributed by atoms with E-state index in [9.17, 15) is 39.6 Å². The van der Waals surface area contributed by atoms with Gasteiger partial charge in [-0.25, -0.2) is 0 Å². The highest BCUT2D eigenvalue weighted by molar-refractivity contribution is 5.96. The van der Waals surface area contributed by atoms with Crippen LogP contribution in [-0.2, 0) is 38.1 Å². The van der Waals surface area contributed by atoms with Crippen LogP contribution >= 0.6 is 0 Å². The maximum Gasteiger partial charge on any atom is 0.312 e. The molecular formula is C57H80O12. The zero-order valence-corrected chi connectivity index (χ0v) is 43.0. The van der Waals surface area contributed by atoms with Crippen molar-refractivity contribution in [3.63, 3.8) is 0 Å². The minimum Gasteiger partial charge on any atom is -0.454 e. The topological polar surface area (TPSA) is 186 Å². The fourth-order valence-electron chi connectivity index (χ4n) is 16.7. The van der Waals surface area contributed by atoms with Gasteiger partial charge >= 0.3 is 11.9 Å². The lowest BCUT2D eigenvalue weighted by atomic mass is 9.63. The highest BCUT2D eigenvalue weighted by Gasteiger charge is 2.77. The van der Waals surface area contributed by atoms with E-state index in [1.165, 1.54) is 0 Å². The molecule has 0 unspecified atom stereocenters. The zero-order chi connectivity index (χ0) is 49.9. The van der Waals surface area contributed by atoms with Crippen molar-refractivity contribution < 1.29 is 58.6 Å². The Hall–Kier alpha value is -3.00. The molecule has 12 heteroatoms. The molecule has 11 aliphatic rings. The van der Waals surface area contributed by atoms with Gasteiger partial charge in [-0.15, -0.1) is 0 Å². The molecule has 1 heterocycles. The van der Waals surface area contributed by atoms with Gasteiger partial charge in [0, 0.05) is 11.8 Å². The van der Waals surface area contributed by atoms with Gasteiger partial charge in [0.05, 0.1) is 34.9 Å². The smallest absolute Gasteiger partial charge is 0.312 e. The third-order valence-electron chi connectivity index (χ3n) is 21.1. The Morgan fingerprint density at radius 1 is 0.652 bits per heavy atom. The van der Waals surface area contributed by atoms with Gasteiger partial charge in [-0.1, -0.05) is 90.5 Å². The number of ketones is 2. The summed E-state index contributed by atoms with van der Waals surface area (Å²) in [5, 5.41) is 46.8. The third kappa shape index (κ3) is 6.85. The molecule has 0 aromatic rings. The van der Waals surface area contributed by atoms with Crippen molar-refractivity contribution in [3.05, 3.63) is 46.6 Å². The van der Waals surface area contributed by atoms with Crippen LogP contribution in [0.25, 0.3) is 0 Å². The quantitative estimate of drug-likeness (QED) is 0.154. The van der Waals surface area contributed by atoms with Crippen LogP contribution in [0.2, 0.25) is 0 Å². The summed E-state index contributed by atoms with van der Waals surface area (Å²) < 4.78 is 24.8. The van der Waals surface area contributed by atoms with Gasteiger partial charge < -0.3 is 39.4 Å². The number of aliphatic hydroxyl groups excluding tert-OH is 2. The van der Waals surface area contributed by atoms with Gasteiger partial charge in [-0.05, 0) is 150 Å². The molecule has 1 saturated heterocycles. The molecule has 2 spiro atoms. The second kappa shape index (κ2) is 16.0. The third-order valence-corrected chi connectivity index (χ3v) is 21.1. The van der Waals surface area contributed by atoms with E-state index in [1.807, 2.05) is 46.8 Å². The first kappa shape index (κ1) is 49.6. The summed E-state index contributed by atoms with van der Waals surface area (Å²) in [5.74, 6) is -1.29. The lowest BCUT2D eigenvalue weighted by Gasteiger charge is -2.51. The van der Waals surface area contributed by atoms with E-state index < -0.39 is 75.6 Å². The summed E-state index contributed by atoms with van der Waals surface area (Å²) >= 11 is 0. The number of aliphatic hydroxyl groups is 4. The first-order valence-electron chi connectivity index (χ1n) is 26.6. The van der Waals surface area contributed by atoms with Crippen LogP contribution < -0.4 is 0 Å². The summed E-state index contributed by atoms with van der Waals surface area (Å²) in [6, 6.07) is 0. The van der Waals surface area contributed by atoms with E-state index in [0.717, 1.165) is 88.2 Å². The number of Topliss-reactive ketones (excluding diaryl/α,β-unsaturated/α-hetero) is 2. The first-order chi connectivity index (χ1) is 32.2. The molecule has 4 N–H and O–H groups in total. The molecular weight excluding hydrogens is 877 g/mol. The molecule has 10 aliphatic carbocycles. The number of hydrogen-bond donors (Lipinski definition) is 4. The highest BCUT2D eigenvalue weighted by atomic mass is 16.7. The lowest BCUT2D eigenvalue weighted by Crippen LogP contribution is -2.67. The Kier molecular flexibility index (Phi) is 11.5. The average molecular weight is 957 g/mol. The van der Waals surface area contributed by atoms with Crippen molar-refractivity contribution in [2.24, 2.45) is 68.0 Å². The van der Waals surface area contributed by atoms with Gasteiger partial charge in [0.2, 0.25) is 0 Å². The fourth-order valence-corrected chi connectivity index (χ4v) is 16.7. The Bertz CT molecular complexity index is 2320. The van der Waals surface area contributed by atoms with E-state index in [4.69, 9.17) is 18.9 Å². The molecule has 11 rings (SSSR count). The van der Waals surface area contributed by atoms with E-state index in [0.29, 0.717) is 30.3 Å². The van der Waals surface area contributed by atoms with Crippen LogP contribution in [0.3, 0.4) is 0 Å². The monoisotopic (exact) mass is 957 g/mol. The predicted octanol–water partition coefficient (Wildman–Crippen LogP) is 7.98. The van der Waals surface area contributed by atoms with Crippen LogP contribution in [0.1, 0.15) is 159 Å². The predicted molar refractivity (Wildman–Crippen MR) is 256 cm³/mol. The van der Waals surface area contributed by atoms with Gasteiger partial charge in [0.1, 0.15) is 12.2 Å². The minimum atomic E-state index is -2.03. The molecule has 6 saturated carbocycles. The highest BCUT2D eigenvalue weighted by Crippen LogP contribution is 2.72. The van der Waals surface area contributed by atoms with Crippen LogP contribution in [0.5, 0.6) is 0 Å². The largest absolute Gasteiger partial charge is 0.454 e. The second-order valence-corrected chi connectivity index (χ2v) is 26.2. The molecule has 4 bridgehead atoms. The second-order valence-electron chi connectivity index (χ2n) is 26.2. The van der Waals surface area contributed by atoms with Crippen LogP contribution in [0.15, 0.2) is 46.6 Å². The van der Waals surface area contributed by atoms with Crippen LogP contribution in [0, 0.1) is 68.0 Å². The first-order valence-corrected chi connectivity index (χ1v) is 26.6. The van der Waals surface area contributed by atoms with E-state index in [2.05, 4.69) is 27.7 Å². The van der Waals surface area contributed by atoms with Crippen molar-refractivity contribution in [3.8, 4) is 0 Å². The molecule has 0 aromatic carbocycles. The van der Waals surface area contributed by atoms with Gasteiger partial charge in [0.25, 0.3) is 0 Å².